The van der Waals surface area contributed by atoms with E-state index in [1.54, 1.807) is 11.3 Å². The summed E-state index contributed by atoms with van der Waals surface area (Å²) < 4.78 is 0. The maximum atomic E-state index is 5.88. The van der Waals surface area contributed by atoms with Gasteiger partial charge in [0.05, 0.1) is 5.01 Å². The number of halogens is 1. The third kappa shape index (κ3) is 3.55. The number of nitrogens with one attached hydrogen (secondary N) is 1. The van der Waals surface area contributed by atoms with Gasteiger partial charge in [-0.3, -0.25) is 0 Å². The average Bonchev–Trinajstić information content (AvgIpc) is 2.85. The Morgan fingerprint density at radius 1 is 1.33 bits per heavy atom. The third-order valence-corrected chi connectivity index (χ3v) is 4.25. The number of hydrogen-bond acceptors (Lipinski definition) is 3. The van der Waals surface area contributed by atoms with E-state index in [1.807, 2.05) is 18.3 Å². The largest absolute Gasteiger partial charge is 0.305 e. The molecule has 0 radical (unpaired) electrons. The van der Waals surface area contributed by atoms with Gasteiger partial charge < -0.3 is 5.32 Å². The summed E-state index contributed by atoms with van der Waals surface area (Å²) in [6.45, 7) is 5.15. The van der Waals surface area contributed by atoms with Gasteiger partial charge in [-0.1, -0.05) is 30.7 Å². The molecule has 4 heteroatoms. The lowest BCUT2D eigenvalue weighted by Crippen LogP contribution is -2.17. The molecular formula is C14H17ClN2S. The predicted molar refractivity (Wildman–Crippen MR) is 78.2 cm³/mol. The highest BCUT2D eigenvalue weighted by atomic mass is 35.5. The summed E-state index contributed by atoms with van der Waals surface area (Å²) in [5, 5.41) is 5.48. The van der Waals surface area contributed by atoms with Crippen LogP contribution in [0.4, 0.5) is 0 Å². The minimum Gasteiger partial charge on any atom is -0.305 e. The zero-order chi connectivity index (χ0) is 13.0. The topological polar surface area (TPSA) is 24.9 Å². The van der Waals surface area contributed by atoms with Crippen LogP contribution in [0.1, 0.15) is 35.3 Å². The Bertz CT molecular complexity index is 493. The number of nitrogens with zero attached hydrogens (tertiary/aromatic N) is 1. The van der Waals surface area contributed by atoms with Crippen LogP contribution in [-0.2, 0) is 13.0 Å². The van der Waals surface area contributed by atoms with E-state index < -0.39 is 0 Å². The molecule has 1 atom stereocenters. The summed E-state index contributed by atoms with van der Waals surface area (Å²) in [5.74, 6) is 0. The molecule has 0 spiro atoms. The Labute approximate surface area is 117 Å². The molecule has 1 heterocycles. The Morgan fingerprint density at radius 2 is 2.06 bits per heavy atom. The van der Waals surface area contributed by atoms with E-state index in [9.17, 15) is 0 Å². The maximum absolute atomic E-state index is 5.88. The molecule has 0 fully saturated rings. The Morgan fingerprint density at radius 3 is 2.67 bits per heavy atom. The van der Waals surface area contributed by atoms with Crippen molar-refractivity contribution in [2.24, 2.45) is 0 Å². The molecule has 1 unspecified atom stereocenters. The monoisotopic (exact) mass is 280 g/mol. The SMILES string of the molecule is CCc1ncc(CNC(C)c2ccc(Cl)cc2)s1. The van der Waals surface area contributed by atoms with E-state index >= 15 is 0 Å². The second-order valence-electron chi connectivity index (χ2n) is 4.23. The quantitative estimate of drug-likeness (QED) is 0.887. The van der Waals surface area contributed by atoms with Crippen LogP contribution in [0.2, 0.25) is 5.02 Å². The Balaban J connectivity index is 1.91. The van der Waals surface area contributed by atoms with Crippen molar-refractivity contribution in [2.45, 2.75) is 32.9 Å². The lowest BCUT2D eigenvalue weighted by atomic mass is 10.1. The van der Waals surface area contributed by atoms with Gasteiger partial charge in [0.25, 0.3) is 0 Å². The van der Waals surface area contributed by atoms with Crippen LogP contribution in [0.15, 0.2) is 30.5 Å². The maximum Gasteiger partial charge on any atom is 0.0925 e. The van der Waals surface area contributed by atoms with Crippen molar-refractivity contribution in [2.75, 3.05) is 0 Å². The van der Waals surface area contributed by atoms with Crippen LogP contribution in [0.3, 0.4) is 0 Å². The molecular weight excluding hydrogens is 264 g/mol. The van der Waals surface area contributed by atoms with Gasteiger partial charge in [-0.15, -0.1) is 11.3 Å². The minimum absolute atomic E-state index is 0.314. The number of rotatable bonds is 5. The molecule has 96 valence electrons. The first-order valence-corrected chi connectivity index (χ1v) is 7.31. The number of aryl methyl sites for hydroxylation is 1. The van der Waals surface area contributed by atoms with E-state index in [0.717, 1.165) is 18.0 Å². The van der Waals surface area contributed by atoms with Crippen molar-refractivity contribution in [3.8, 4) is 0 Å². The van der Waals surface area contributed by atoms with Gasteiger partial charge in [0, 0.05) is 28.7 Å². The molecule has 2 nitrogen and oxygen atoms in total. The van der Waals surface area contributed by atoms with Crippen LogP contribution < -0.4 is 5.32 Å². The average molecular weight is 281 g/mol. The van der Waals surface area contributed by atoms with Crippen LogP contribution in [0.25, 0.3) is 0 Å². The van der Waals surface area contributed by atoms with Crippen molar-refractivity contribution < 1.29 is 0 Å². The lowest BCUT2D eigenvalue weighted by Gasteiger charge is -2.13. The van der Waals surface area contributed by atoms with E-state index in [-0.39, 0.29) is 0 Å². The number of hydrogen-bond donors (Lipinski definition) is 1. The van der Waals surface area contributed by atoms with Gasteiger partial charge in [0.2, 0.25) is 0 Å². The Hall–Kier alpha value is -0.900. The molecule has 0 bridgehead atoms. The molecule has 0 saturated carbocycles. The first kappa shape index (κ1) is 13.5. The second kappa shape index (κ2) is 6.32. The van der Waals surface area contributed by atoms with Crippen LogP contribution in [-0.4, -0.2) is 4.98 Å². The fraction of sp³-hybridized carbons (Fsp3) is 0.357. The van der Waals surface area contributed by atoms with Gasteiger partial charge in [-0.25, -0.2) is 4.98 Å². The molecule has 2 rings (SSSR count). The number of thiazole rings is 1. The molecule has 0 aliphatic heterocycles. The standard InChI is InChI=1S/C14H17ClN2S/c1-3-14-17-9-13(18-14)8-16-10(2)11-4-6-12(15)7-5-11/h4-7,9-10,16H,3,8H2,1-2H3. The number of benzene rings is 1. The molecule has 1 N–H and O–H groups in total. The molecule has 0 aliphatic rings. The smallest absolute Gasteiger partial charge is 0.0925 e. The van der Waals surface area contributed by atoms with Gasteiger partial charge >= 0.3 is 0 Å². The van der Waals surface area contributed by atoms with Crippen LogP contribution >= 0.6 is 22.9 Å². The Kier molecular flexibility index (Phi) is 4.75. The second-order valence-corrected chi connectivity index (χ2v) is 5.86. The predicted octanol–water partition coefficient (Wildman–Crippen LogP) is 4.21. The molecule has 18 heavy (non-hydrogen) atoms. The number of aromatic nitrogens is 1. The molecule has 0 amide bonds. The van der Waals surface area contributed by atoms with Crippen molar-refractivity contribution in [1.82, 2.24) is 10.3 Å². The summed E-state index contributed by atoms with van der Waals surface area (Å²) in [4.78, 5) is 5.64. The van der Waals surface area contributed by atoms with Gasteiger partial charge in [-0.2, -0.15) is 0 Å². The highest BCUT2D eigenvalue weighted by Crippen LogP contribution is 2.18. The fourth-order valence-electron chi connectivity index (χ4n) is 1.72. The molecule has 2 aromatic rings. The molecule has 1 aromatic heterocycles. The van der Waals surface area contributed by atoms with Crippen molar-refractivity contribution in [3.05, 3.63) is 50.9 Å². The summed E-state index contributed by atoms with van der Waals surface area (Å²) in [7, 11) is 0. The van der Waals surface area contributed by atoms with Crippen LogP contribution in [0, 0.1) is 0 Å². The van der Waals surface area contributed by atoms with Gasteiger partial charge in [0.15, 0.2) is 0 Å². The zero-order valence-corrected chi connectivity index (χ0v) is 12.2. The molecule has 1 aromatic carbocycles. The van der Waals surface area contributed by atoms with Crippen molar-refractivity contribution in [1.29, 1.82) is 0 Å². The minimum atomic E-state index is 0.314. The van der Waals surface area contributed by atoms with Crippen molar-refractivity contribution in [3.63, 3.8) is 0 Å². The molecule has 0 aliphatic carbocycles. The lowest BCUT2D eigenvalue weighted by molar-refractivity contribution is 0.578. The summed E-state index contributed by atoms with van der Waals surface area (Å²) in [6.07, 6.45) is 2.97. The van der Waals surface area contributed by atoms with Gasteiger partial charge in [-0.05, 0) is 31.0 Å². The highest BCUT2D eigenvalue weighted by Gasteiger charge is 2.06. The van der Waals surface area contributed by atoms with Crippen molar-refractivity contribution >= 4 is 22.9 Å². The molecule has 0 saturated heterocycles. The first-order valence-electron chi connectivity index (χ1n) is 6.11. The summed E-state index contributed by atoms with van der Waals surface area (Å²) in [5.41, 5.74) is 1.25. The summed E-state index contributed by atoms with van der Waals surface area (Å²) >= 11 is 7.66. The first-order chi connectivity index (χ1) is 8.69. The van der Waals surface area contributed by atoms with Crippen LogP contribution in [0.5, 0.6) is 0 Å². The summed E-state index contributed by atoms with van der Waals surface area (Å²) in [6, 6.07) is 8.29. The van der Waals surface area contributed by atoms with E-state index in [0.29, 0.717) is 6.04 Å². The van der Waals surface area contributed by atoms with E-state index in [4.69, 9.17) is 11.6 Å². The normalized spacial score (nSPS) is 12.6. The zero-order valence-electron chi connectivity index (χ0n) is 10.6. The highest BCUT2D eigenvalue weighted by molar-refractivity contribution is 7.11. The fourth-order valence-corrected chi connectivity index (χ4v) is 2.66. The van der Waals surface area contributed by atoms with Gasteiger partial charge in [0.1, 0.15) is 0 Å². The van der Waals surface area contributed by atoms with E-state index in [2.05, 4.69) is 36.3 Å². The van der Waals surface area contributed by atoms with E-state index in [1.165, 1.54) is 15.4 Å². The third-order valence-electron chi connectivity index (χ3n) is 2.86.